The van der Waals surface area contributed by atoms with Crippen molar-refractivity contribution in [2.24, 2.45) is 0 Å². The summed E-state index contributed by atoms with van der Waals surface area (Å²) in [4.78, 5) is 24.5. The van der Waals surface area contributed by atoms with Crippen molar-refractivity contribution < 1.29 is 18.1 Å². The molecule has 0 unspecified atom stereocenters. The molecule has 3 rings (SSSR count). The second kappa shape index (κ2) is 9.40. The van der Waals surface area contributed by atoms with Gasteiger partial charge >= 0.3 is 0 Å². The molecule has 0 bridgehead atoms. The van der Waals surface area contributed by atoms with Gasteiger partial charge in [0.05, 0.1) is 9.82 Å². The van der Waals surface area contributed by atoms with Crippen molar-refractivity contribution in [3.63, 3.8) is 0 Å². The highest BCUT2D eigenvalue weighted by atomic mass is 32.2. The van der Waals surface area contributed by atoms with Crippen molar-refractivity contribution in [2.45, 2.75) is 24.7 Å². The molecule has 164 valence electrons. The molecule has 0 saturated carbocycles. The average molecular weight is 444 g/mol. The fourth-order valence-electron chi connectivity index (χ4n) is 3.30. The second-order valence-electron chi connectivity index (χ2n) is 7.64. The predicted molar refractivity (Wildman–Crippen MR) is 118 cm³/mol. The van der Waals surface area contributed by atoms with Crippen LogP contribution in [-0.2, 0) is 14.8 Å². The predicted octanol–water partition coefficient (Wildman–Crippen LogP) is 3.26. The lowest BCUT2D eigenvalue weighted by atomic mass is 10.0. The standard InChI is InChI=1S/C22H25N3O5S/c1-17(2)19-6-10-21(11-7-19)31(29,30)24-15-13-23(14-16-24)22(26)12-5-18-3-8-20(9-4-18)25(27)28/h3-12,17H,13-16H2,1-2H3. The third-order valence-corrected chi connectivity index (χ3v) is 7.17. The van der Waals surface area contributed by atoms with E-state index in [0.717, 1.165) is 5.56 Å². The molecule has 0 aromatic heterocycles. The monoisotopic (exact) mass is 443 g/mol. The molecule has 1 amide bonds. The van der Waals surface area contributed by atoms with E-state index >= 15 is 0 Å². The van der Waals surface area contributed by atoms with Crippen LogP contribution >= 0.6 is 0 Å². The van der Waals surface area contributed by atoms with Crippen LogP contribution in [0.1, 0.15) is 30.9 Å². The summed E-state index contributed by atoms with van der Waals surface area (Å²) < 4.78 is 27.2. The Balaban J connectivity index is 1.59. The first-order valence-electron chi connectivity index (χ1n) is 10.00. The van der Waals surface area contributed by atoms with Crippen LogP contribution < -0.4 is 0 Å². The van der Waals surface area contributed by atoms with Crippen molar-refractivity contribution >= 4 is 27.7 Å². The zero-order valence-corrected chi connectivity index (χ0v) is 18.3. The number of hydrogen-bond donors (Lipinski definition) is 0. The van der Waals surface area contributed by atoms with E-state index in [4.69, 9.17) is 0 Å². The van der Waals surface area contributed by atoms with Crippen LogP contribution in [0.15, 0.2) is 59.5 Å². The number of carbonyl (C=O) groups is 1. The molecule has 2 aromatic carbocycles. The van der Waals surface area contributed by atoms with Gasteiger partial charge in [-0.1, -0.05) is 26.0 Å². The summed E-state index contributed by atoms with van der Waals surface area (Å²) in [5, 5.41) is 10.7. The minimum atomic E-state index is -3.60. The zero-order valence-electron chi connectivity index (χ0n) is 17.5. The Bertz CT molecular complexity index is 1070. The zero-order chi connectivity index (χ0) is 22.6. The van der Waals surface area contributed by atoms with Crippen molar-refractivity contribution in [2.75, 3.05) is 26.2 Å². The fourth-order valence-corrected chi connectivity index (χ4v) is 4.72. The van der Waals surface area contributed by atoms with Crippen molar-refractivity contribution in [3.05, 3.63) is 75.8 Å². The van der Waals surface area contributed by atoms with Crippen LogP contribution in [0.4, 0.5) is 5.69 Å². The quantitative estimate of drug-likeness (QED) is 0.387. The summed E-state index contributed by atoms with van der Waals surface area (Å²) in [6, 6.07) is 12.8. The SMILES string of the molecule is CC(C)c1ccc(S(=O)(=O)N2CCN(C(=O)C=Cc3ccc([N+](=O)[O-])cc3)CC2)cc1. The Morgan fingerprint density at radius 2 is 1.58 bits per heavy atom. The molecule has 31 heavy (non-hydrogen) atoms. The van der Waals surface area contributed by atoms with Crippen LogP contribution in [0.3, 0.4) is 0 Å². The van der Waals surface area contributed by atoms with Gasteiger partial charge in [0.1, 0.15) is 0 Å². The molecule has 0 radical (unpaired) electrons. The molecule has 2 aromatic rings. The maximum atomic E-state index is 12.9. The Labute approximate surface area is 182 Å². The Kier molecular flexibility index (Phi) is 6.87. The molecule has 0 N–H and O–H groups in total. The summed E-state index contributed by atoms with van der Waals surface area (Å²) >= 11 is 0. The van der Waals surface area contributed by atoms with E-state index in [2.05, 4.69) is 13.8 Å². The van der Waals surface area contributed by atoms with Gasteiger partial charge in [0.25, 0.3) is 5.69 Å². The number of hydrogen-bond acceptors (Lipinski definition) is 5. The maximum absolute atomic E-state index is 12.9. The number of rotatable bonds is 6. The number of non-ortho nitro benzene ring substituents is 1. The van der Waals surface area contributed by atoms with E-state index in [0.29, 0.717) is 24.6 Å². The molecular weight excluding hydrogens is 418 g/mol. The third-order valence-electron chi connectivity index (χ3n) is 5.26. The Hall–Kier alpha value is -3.04. The molecule has 1 heterocycles. The van der Waals surface area contributed by atoms with Gasteiger partial charge in [-0.05, 0) is 47.4 Å². The van der Waals surface area contributed by atoms with Crippen LogP contribution in [0.2, 0.25) is 0 Å². The summed E-state index contributed by atoms with van der Waals surface area (Å²) in [7, 11) is -3.60. The van der Waals surface area contributed by atoms with Gasteiger partial charge in [-0.2, -0.15) is 4.31 Å². The molecule has 0 atom stereocenters. The first-order valence-corrected chi connectivity index (χ1v) is 11.4. The number of benzene rings is 2. The first kappa shape index (κ1) is 22.6. The normalized spacial score (nSPS) is 15.5. The number of amides is 1. The van der Waals surface area contributed by atoms with E-state index in [1.807, 2.05) is 12.1 Å². The van der Waals surface area contributed by atoms with Gasteiger partial charge in [-0.25, -0.2) is 8.42 Å². The summed E-state index contributed by atoms with van der Waals surface area (Å²) in [5.41, 5.74) is 1.74. The van der Waals surface area contributed by atoms with E-state index in [1.54, 1.807) is 35.2 Å². The highest BCUT2D eigenvalue weighted by Gasteiger charge is 2.29. The van der Waals surface area contributed by atoms with E-state index in [9.17, 15) is 23.3 Å². The van der Waals surface area contributed by atoms with E-state index in [1.165, 1.54) is 22.5 Å². The second-order valence-corrected chi connectivity index (χ2v) is 9.57. The minimum absolute atomic E-state index is 0.0142. The van der Waals surface area contributed by atoms with E-state index in [-0.39, 0.29) is 29.6 Å². The molecule has 0 spiro atoms. The first-order chi connectivity index (χ1) is 14.7. The Morgan fingerprint density at radius 3 is 2.10 bits per heavy atom. The number of carbonyl (C=O) groups excluding carboxylic acids is 1. The molecule has 8 nitrogen and oxygen atoms in total. The van der Waals surface area contributed by atoms with Crippen LogP contribution in [-0.4, -0.2) is 54.6 Å². The van der Waals surface area contributed by atoms with Crippen LogP contribution in [0.5, 0.6) is 0 Å². The number of nitro benzene ring substituents is 1. The average Bonchev–Trinajstić information content (AvgIpc) is 2.77. The molecular formula is C22H25N3O5S. The molecule has 9 heteroatoms. The summed E-state index contributed by atoms with van der Waals surface area (Å²) in [5.74, 6) is 0.0991. The van der Waals surface area contributed by atoms with Gasteiger partial charge in [0.2, 0.25) is 15.9 Å². The third kappa shape index (κ3) is 5.36. The Morgan fingerprint density at radius 1 is 1.00 bits per heavy atom. The molecule has 1 aliphatic heterocycles. The van der Waals surface area contributed by atoms with Crippen molar-refractivity contribution in [3.8, 4) is 0 Å². The lowest BCUT2D eigenvalue weighted by Crippen LogP contribution is -2.50. The number of nitrogens with zero attached hydrogens (tertiary/aromatic N) is 3. The van der Waals surface area contributed by atoms with Gasteiger partial charge in [0.15, 0.2) is 0 Å². The highest BCUT2D eigenvalue weighted by molar-refractivity contribution is 7.89. The lowest BCUT2D eigenvalue weighted by molar-refractivity contribution is -0.384. The fraction of sp³-hybridized carbons (Fsp3) is 0.318. The van der Waals surface area contributed by atoms with Gasteiger partial charge in [0, 0.05) is 44.4 Å². The topological polar surface area (TPSA) is 101 Å². The van der Waals surface area contributed by atoms with E-state index < -0.39 is 14.9 Å². The van der Waals surface area contributed by atoms with Gasteiger partial charge in [-0.3, -0.25) is 14.9 Å². The smallest absolute Gasteiger partial charge is 0.269 e. The number of nitro groups is 1. The summed E-state index contributed by atoms with van der Waals surface area (Å²) in [6.07, 6.45) is 2.99. The number of sulfonamides is 1. The van der Waals surface area contributed by atoms with Crippen LogP contribution in [0, 0.1) is 10.1 Å². The molecule has 1 fully saturated rings. The molecule has 0 aliphatic carbocycles. The van der Waals surface area contributed by atoms with Gasteiger partial charge in [-0.15, -0.1) is 0 Å². The molecule has 1 aliphatic rings. The minimum Gasteiger partial charge on any atom is -0.337 e. The van der Waals surface area contributed by atoms with Gasteiger partial charge < -0.3 is 4.90 Å². The van der Waals surface area contributed by atoms with Crippen molar-refractivity contribution in [1.29, 1.82) is 0 Å². The highest BCUT2D eigenvalue weighted by Crippen LogP contribution is 2.21. The van der Waals surface area contributed by atoms with Crippen LogP contribution in [0.25, 0.3) is 6.08 Å². The summed E-state index contributed by atoms with van der Waals surface area (Å²) in [6.45, 7) is 5.15. The molecule has 1 saturated heterocycles. The van der Waals surface area contributed by atoms with Crippen molar-refractivity contribution in [1.82, 2.24) is 9.21 Å². The maximum Gasteiger partial charge on any atom is 0.269 e. The lowest BCUT2D eigenvalue weighted by Gasteiger charge is -2.33. The largest absolute Gasteiger partial charge is 0.337 e. The number of piperazine rings is 1.